The second-order valence-corrected chi connectivity index (χ2v) is 17.4. The highest BCUT2D eigenvalue weighted by Crippen LogP contribution is 2.35. The standard InChI is InChI=1S/C45H47N11O5S/c1-25(2)41(44(60)56-21-31(57)17-37(56)43(59)49-26(3)28-9-11-30(12-10-28)42-27(4)48-24-62-42)39-20-40(53-61-39)55-22-46-45(47-23-55)54-15-13-29(14-16-54)33-18-36-35(50-33)19-34(51-52-36)32-7-5-6-8-38(32)58/h5-12,18-20,22-26,29,31,37,41,57H,13-17,21H2,1-4H3,(H2-,49,50,51,52,58,59)/p+1/t26-,31+,37-,41+/m0/s1. The molecule has 7 aromatic rings. The van der Waals surface area contributed by atoms with Gasteiger partial charge >= 0.3 is 5.95 Å². The molecule has 0 saturated carbocycles. The largest absolute Gasteiger partial charge is 0.507 e. The number of aliphatic hydroxyl groups excluding tert-OH is 1. The number of carbonyl (C=O) groups is 2. The second kappa shape index (κ2) is 17.1. The molecule has 0 aliphatic carbocycles. The molecule has 2 aliphatic heterocycles. The van der Waals surface area contributed by atoms with E-state index >= 15 is 0 Å². The lowest BCUT2D eigenvalue weighted by atomic mass is 9.91. The monoisotopic (exact) mass is 854 g/mol. The van der Waals surface area contributed by atoms with Gasteiger partial charge in [0.2, 0.25) is 24.5 Å². The number of thiazole rings is 1. The van der Waals surface area contributed by atoms with Crippen LogP contribution in [0.2, 0.25) is 0 Å². The summed E-state index contributed by atoms with van der Waals surface area (Å²) in [5.74, 6) is 0.242. The SMILES string of the molecule is Cc1ncsc1-c1ccc([C@H](C)NC(=O)[C@@H]2C[C@@H](O)CN2C(=O)[C@@H](c2cc(-[n+]3cnc(N4CCC(c5cc6nnc(-c7ccccc7O)cc6[nH]5)CC4)nc3)no2)C(C)C)cc1. The Kier molecular flexibility index (Phi) is 11.2. The lowest BCUT2D eigenvalue weighted by molar-refractivity contribution is -0.607. The summed E-state index contributed by atoms with van der Waals surface area (Å²) >= 11 is 1.59. The van der Waals surface area contributed by atoms with Gasteiger partial charge in [-0.1, -0.05) is 60.2 Å². The van der Waals surface area contributed by atoms with Gasteiger partial charge in [-0.15, -0.1) is 21.5 Å². The van der Waals surface area contributed by atoms with Gasteiger partial charge in [0.15, 0.2) is 5.76 Å². The third kappa shape index (κ3) is 8.12. The van der Waals surface area contributed by atoms with E-state index in [1.165, 1.54) is 4.90 Å². The van der Waals surface area contributed by atoms with E-state index in [0.29, 0.717) is 34.7 Å². The Morgan fingerprint density at radius 3 is 2.45 bits per heavy atom. The third-order valence-electron chi connectivity index (χ3n) is 12.0. The molecule has 2 saturated heterocycles. The normalized spacial score (nSPS) is 18.1. The van der Waals surface area contributed by atoms with E-state index in [0.717, 1.165) is 64.4 Å². The Hall–Kier alpha value is -6.59. The number of anilines is 1. The fourth-order valence-corrected chi connectivity index (χ4v) is 9.43. The lowest BCUT2D eigenvalue weighted by Gasteiger charge is -2.29. The number of aromatic amines is 1. The number of aryl methyl sites for hydroxylation is 1. The van der Waals surface area contributed by atoms with Crippen LogP contribution in [0.4, 0.5) is 5.95 Å². The van der Waals surface area contributed by atoms with Crippen LogP contribution in [0.3, 0.4) is 0 Å². The molecule has 16 nitrogen and oxygen atoms in total. The van der Waals surface area contributed by atoms with E-state index in [9.17, 15) is 19.8 Å². The number of aromatic nitrogens is 8. The molecular formula is C45H48N11O5S+. The first-order chi connectivity index (χ1) is 30.0. The number of H-pyrrole nitrogens is 1. The smallest absolute Gasteiger partial charge is 0.340 e. The molecule has 17 heteroatoms. The summed E-state index contributed by atoms with van der Waals surface area (Å²) in [4.78, 5) is 49.9. The molecule has 0 radical (unpaired) electrons. The molecule has 9 rings (SSSR count). The van der Waals surface area contributed by atoms with Gasteiger partial charge < -0.3 is 34.8 Å². The van der Waals surface area contributed by atoms with Crippen molar-refractivity contribution in [1.29, 1.82) is 0 Å². The molecule has 4 N–H and O–H groups in total. The van der Waals surface area contributed by atoms with E-state index in [1.54, 1.807) is 46.8 Å². The minimum atomic E-state index is -0.843. The zero-order valence-electron chi connectivity index (χ0n) is 34.8. The fraction of sp³-hybridized carbons (Fsp3) is 0.356. The predicted molar refractivity (Wildman–Crippen MR) is 231 cm³/mol. The van der Waals surface area contributed by atoms with Crippen molar-refractivity contribution in [2.75, 3.05) is 24.5 Å². The Bertz CT molecular complexity index is 2710. The van der Waals surface area contributed by atoms with Gasteiger partial charge in [0.05, 0.1) is 45.5 Å². The number of aromatic hydroxyl groups is 1. The van der Waals surface area contributed by atoms with Crippen molar-refractivity contribution in [2.24, 2.45) is 5.92 Å². The lowest BCUT2D eigenvalue weighted by Crippen LogP contribution is -2.48. The molecule has 2 amide bonds. The average Bonchev–Trinajstić information content (AvgIpc) is 4.11. The number of phenolic OH excluding ortho intramolecular Hbond substituents is 1. The van der Waals surface area contributed by atoms with E-state index < -0.39 is 18.1 Å². The third-order valence-corrected chi connectivity index (χ3v) is 13.0. The highest BCUT2D eigenvalue weighted by Gasteiger charge is 2.44. The van der Waals surface area contributed by atoms with Gasteiger partial charge in [0.25, 0.3) is 5.82 Å². The molecule has 0 spiro atoms. The minimum Gasteiger partial charge on any atom is -0.507 e. The summed E-state index contributed by atoms with van der Waals surface area (Å²) in [6.07, 6.45) is 4.34. The van der Waals surface area contributed by atoms with E-state index in [-0.39, 0.29) is 42.5 Å². The Morgan fingerprint density at radius 2 is 1.74 bits per heavy atom. The molecule has 0 unspecified atom stereocenters. The number of hydrogen-bond acceptors (Lipinski definition) is 13. The maximum atomic E-state index is 14.3. The molecule has 2 aromatic carbocycles. The molecule has 7 heterocycles. The van der Waals surface area contributed by atoms with E-state index in [1.807, 2.05) is 75.7 Å². The zero-order chi connectivity index (χ0) is 43.1. The Balaban J connectivity index is 0.824. The van der Waals surface area contributed by atoms with Crippen LogP contribution in [0, 0.1) is 12.8 Å². The van der Waals surface area contributed by atoms with Crippen LogP contribution in [0.15, 0.2) is 89.4 Å². The van der Waals surface area contributed by atoms with Gasteiger partial charge in [-0.05, 0) is 68.0 Å². The maximum Gasteiger partial charge on any atom is 0.340 e. The van der Waals surface area contributed by atoms with Crippen molar-refractivity contribution in [3.8, 4) is 33.3 Å². The average molecular weight is 855 g/mol. The van der Waals surface area contributed by atoms with Crippen LogP contribution in [0.1, 0.15) is 80.6 Å². The van der Waals surface area contributed by atoms with Crippen molar-refractivity contribution in [3.05, 3.63) is 108 Å². The number of rotatable bonds is 11. The van der Waals surface area contributed by atoms with Crippen LogP contribution in [-0.2, 0) is 9.59 Å². The Labute approximate surface area is 361 Å². The van der Waals surface area contributed by atoms with Crippen molar-refractivity contribution in [1.82, 2.24) is 45.5 Å². The van der Waals surface area contributed by atoms with Crippen molar-refractivity contribution in [2.45, 2.75) is 77.0 Å². The highest BCUT2D eigenvalue weighted by atomic mass is 32.1. The number of aliphatic hydroxyl groups is 1. The van der Waals surface area contributed by atoms with E-state index in [2.05, 4.69) is 51.6 Å². The highest BCUT2D eigenvalue weighted by molar-refractivity contribution is 7.13. The number of nitrogens with one attached hydrogen (secondary N) is 2. The van der Waals surface area contributed by atoms with Crippen LogP contribution in [-0.4, -0.2) is 94.0 Å². The van der Waals surface area contributed by atoms with Gasteiger partial charge in [0, 0.05) is 48.4 Å². The topological polar surface area (TPSA) is 203 Å². The second-order valence-electron chi connectivity index (χ2n) is 16.6. The molecule has 2 fully saturated rings. The first-order valence-electron chi connectivity index (χ1n) is 20.9. The van der Waals surface area contributed by atoms with Gasteiger partial charge in [0.1, 0.15) is 23.2 Å². The molecule has 2 aliphatic rings. The number of likely N-dealkylation sites (tertiary alicyclic amines) is 1. The summed E-state index contributed by atoms with van der Waals surface area (Å²) in [6, 6.07) is 19.6. The van der Waals surface area contributed by atoms with Gasteiger partial charge in [-0.25, -0.2) is 4.98 Å². The zero-order valence-corrected chi connectivity index (χ0v) is 35.7. The summed E-state index contributed by atoms with van der Waals surface area (Å²) in [5, 5.41) is 37.1. The number of nitrogens with zero attached hydrogens (tertiary/aromatic N) is 9. The molecule has 5 aromatic heterocycles. The first-order valence-corrected chi connectivity index (χ1v) is 21.8. The van der Waals surface area contributed by atoms with Crippen LogP contribution < -0.4 is 14.8 Å². The minimum absolute atomic E-state index is 0.0396. The molecular weight excluding hydrogens is 807 g/mol. The van der Waals surface area contributed by atoms with Crippen molar-refractivity contribution < 1.29 is 28.9 Å². The van der Waals surface area contributed by atoms with Crippen LogP contribution >= 0.6 is 11.3 Å². The number of para-hydroxylation sites is 1. The predicted octanol–water partition coefficient (Wildman–Crippen LogP) is 5.78. The molecule has 62 heavy (non-hydrogen) atoms. The number of phenols is 1. The van der Waals surface area contributed by atoms with Crippen molar-refractivity contribution >= 4 is 40.1 Å². The number of amides is 2. The fourth-order valence-electron chi connectivity index (χ4n) is 8.61. The Morgan fingerprint density at radius 1 is 0.984 bits per heavy atom. The molecule has 4 atom stereocenters. The maximum absolute atomic E-state index is 14.3. The van der Waals surface area contributed by atoms with Crippen LogP contribution in [0.25, 0.3) is 38.5 Å². The summed E-state index contributed by atoms with van der Waals surface area (Å²) in [7, 11) is 0. The number of β-amino-alcohol motifs (C(OH)–C–C–N with tert-alkyl or cyclic N) is 1. The summed E-state index contributed by atoms with van der Waals surface area (Å²) in [5.41, 5.74) is 8.80. The number of hydrogen-bond donors (Lipinski definition) is 4. The summed E-state index contributed by atoms with van der Waals surface area (Å²) in [6.45, 7) is 9.28. The van der Waals surface area contributed by atoms with Gasteiger partial charge in [-0.3, -0.25) is 9.59 Å². The molecule has 0 bridgehead atoms. The number of fused-ring (bicyclic) bond motifs is 1. The number of carbonyl (C=O) groups excluding carboxylic acids is 2. The quantitative estimate of drug-likeness (QED) is 0.114. The molecule has 318 valence electrons. The van der Waals surface area contributed by atoms with E-state index in [4.69, 9.17) is 4.52 Å². The number of benzene rings is 2. The number of piperidine rings is 1. The van der Waals surface area contributed by atoms with Crippen LogP contribution in [0.5, 0.6) is 5.75 Å². The van der Waals surface area contributed by atoms with Crippen molar-refractivity contribution in [3.63, 3.8) is 0 Å². The first kappa shape index (κ1) is 40.8. The summed E-state index contributed by atoms with van der Waals surface area (Å²) < 4.78 is 7.44. The van der Waals surface area contributed by atoms with Gasteiger partial charge in [-0.2, -0.15) is 4.57 Å².